The molecule has 2 atom stereocenters. The van der Waals surface area contributed by atoms with Crippen LogP contribution in [0.25, 0.3) is 0 Å². The van der Waals surface area contributed by atoms with Crippen LogP contribution in [0.5, 0.6) is 5.75 Å². The van der Waals surface area contributed by atoms with Gasteiger partial charge in [0.1, 0.15) is 11.5 Å². The van der Waals surface area contributed by atoms with Gasteiger partial charge in [-0.15, -0.1) is 0 Å². The zero-order valence-electron chi connectivity index (χ0n) is 13.0. The van der Waals surface area contributed by atoms with Crippen molar-refractivity contribution in [2.75, 3.05) is 7.11 Å². The summed E-state index contributed by atoms with van der Waals surface area (Å²) in [5.41, 5.74) is 3.75. The lowest BCUT2D eigenvalue weighted by Gasteiger charge is -2.27. The minimum atomic E-state index is 0.242. The lowest BCUT2D eigenvalue weighted by molar-refractivity contribution is 0.370. The van der Waals surface area contributed by atoms with Crippen molar-refractivity contribution in [3.05, 3.63) is 53.0 Å². The van der Waals surface area contributed by atoms with Gasteiger partial charge in [-0.3, -0.25) is 0 Å². The standard InChI is InChI=1S/C18H23NO2/c1-12-7-8-14(18(11-12)20-3)13(2)19-16-5-4-6-17-15(16)9-10-21-17/h7-11,13,16,19H,4-6H2,1-3H3. The van der Waals surface area contributed by atoms with Crippen LogP contribution in [0.2, 0.25) is 0 Å². The van der Waals surface area contributed by atoms with Gasteiger partial charge in [-0.25, -0.2) is 0 Å². The molecule has 0 saturated carbocycles. The molecule has 1 N–H and O–H groups in total. The third-order valence-electron chi connectivity index (χ3n) is 4.36. The van der Waals surface area contributed by atoms with Crippen molar-refractivity contribution in [1.82, 2.24) is 5.32 Å². The first-order valence-electron chi connectivity index (χ1n) is 7.66. The lowest BCUT2D eigenvalue weighted by Crippen LogP contribution is -2.27. The van der Waals surface area contributed by atoms with Gasteiger partial charge >= 0.3 is 0 Å². The van der Waals surface area contributed by atoms with E-state index in [1.807, 2.05) is 6.26 Å². The zero-order valence-corrected chi connectivity index (χ0v) is 13.0. The van der Waals surface area contributed by atoms with Gasteiger partial charge in [0.05, 0.1) is 13.4 Å². The fourth-order valence-corrected chi connectivity index (χ4v) is 3.23. The second kappa shape index (κ2) is 5.94. The molecule has 0 radical (unpaired) electrons. The summed E-state index contributed by atoms with van der Waals surface area (Å²) in [5.74, 6) is 2.10. The Morgan fingerprint density at radius 2 is 2.19 bits per heavy atom. The fraction of sp³-hybridized carbons (Fsp3) is 0.444. The monoisotopic (exact) mass is 285 g/mol. The summed E-state index contributed by atoms with van der Waals surface area (Å²) in [4.78, 5) is 0. The molecule has 0 spiro atoms. The van der Waals surface area contributed by atoms with Gasteiger partial charge in [-0.05, 0) is 44.4 Å². The van der Waals surface area contributed by atoms with Crippen molar-refractivity contribution in [1.29, 1.82) is 0 Å². The first-order valence-corrected chi connectivity index (χ1v) is 7.66. The van der Waals surface area contributed by atoms with E-state index in [-0.39, 0.29) is 6.04 Å². The van der Waals surface area contributed by atoms with E-state index >= 15 is 0 Å². The summed E-state index contributed by atoms with van der Waals surface area (Å²) in [6.45, 7) is 4.28. The largest absolute Gasteiger partial charge is 0.496 e. The quantitative estimate of drug-likeness (QED) is 0.908. The van der Waals surface area contributed by atoms with E-state index in [0.717, 1.165) is 24.4 Å². The molecule has 112 valence electrons. The van der Waals surface area contributed by atoms with Gasteiger partial charge in [0.25, 0.3) is 0 Å². The molecule has 0 saturated heterocycles. The van der Waals surface area contributed by atoms with Crippen molar-refractivity contribution in [3.63, 3.8) is 0 Å². The number of furan rings is 1. The molecule has 3 heteroatoms. The predicted molar refractivity (Wildman–Crippen MR) is 83.7 cm³/mol. The number of nitrogens with one attached hydrogen (secondary N) is 1. The van der Waals surface area contributed by atoms with Crippen LogP contribution < -0.4 is 10.1 Å². The molecule has 0 bridgehead atoms. The predicted octanol–water partition coefficient (Wildman–Crippen LogP) is 4.32. The van der Waals surface area contributed by atoms with Crippen LogP contribution >= 0.6 is 0 Å². The lowest BCUT2D eigenvalue weighted by atomic mass is 9.92. The maximum atomic E-state index is 5.57. The highest BCUT2D eigenvalue weighted by Crippen LogP contribution is 2.34. The van der Waals surface area contributed by atoms with E-state index in [9.17, 15) is 0 Å². The third kappa shape index (κ3) is 2.84. The van der Waals surface area contributed by atoms with E-state index in [4.69, 9.17) is 9.15 Å². The number of fused-ring (bicyclic) bond motifs is 1. The van der Waals surface area contributed by atoms with Crippen LogP contribution in [-0.2, 0) is 6.42 Å². The highest BCUT2D eigenvalue weighted by Gasteiger charge is 2.24. The molecule has 1 heterocycles. The van der Waals surface area contributed by atoms with Crippen molar-refractivity contribution in [2.24, 2.45) is 0 Å². The fourth-order valence-electron chi connectivity index (χ4n) is 3.23. The Kier molecular flexibility index (Phi) is 4.02. The summed E-state index contributed by atoms with van der Waals surface area (Å²) in [6.07, 6.45) is 5.20. The maximum absolute atomic E-state index is 5.57. The minimum Gasteiger partial charge on any atom is -0.496 e. The second-order valence-corrected chi connectivity index (χ2v) is 5.88. The molecule has 3 nitrogen and oxygen atoms in total. The molecule has 1 aromatic heterocycles. The molecule has 1 aliphatic rings. The van der Waals surface area contributed by atoms with E-state index in [2.05, 4.69) is 43.4 Å². The zero-order chi connectivity index (χ0) is 14.8. The van der Waals surface area contributed by atoms with Crippen LogP contribution in [0.3, 0.4) is 0 Å². The number of methoxy groups -OCH3 is 1. The van der Waals surface area contributed by atoms with Gasteiger partial charge in [0, 0.05) is 29.6 Å². The average molecular weight is 285 g/mol. The number of rotatable bonds is 4. The van der Waals surface area contributed by atoms with E-state index in [1.165, 1.54) is 23.1 Å². The molecule has 0 amide bonds. The SMILES string of the molecule is COc1cc(C)ccc1C(C)NC1CCCc2occc21. The Bertz CT molecular complexity index is 617. The van der Waals surface area contributed by atoms with E-state index in [0.29, 0.717) is 6.04 Å². The first-order chi connectivity index (χ1) is 10.2. The van der Waals surface area contributed by atoms with Gasteiger partial charge < -0.3 is 14.5 Å². The number of aryl methyl sites for hydroxylation is 2. The van der Waals surface area contributed by atoms with Crippen molar-refractivity contribution in [3.8, 4) is 5.75 Å². The van der Waals surface area contributed by atoms with Crippen LogP contribution in [0.1, 0.15) is 54.3 Å². The highest BCUT2D eigenvalue weighted by atomic mass is 16.5. The van der Waals surface area contributed by atoms with Crippen LogP contribution in [-0.4, -0.2) is 7.11 Å². The molecule has 2 aromatic rings. The maximum Gasteiger partial charge on any atom is 0.123 e. The second-order valence-electron chi connectivity index (χ2n) is 5.88. The molecule has 21 heavy (non-hydrogen) atoms. The number of hydrogen-bond acceptors (Lipinski definition) is 3. The molecular formula is C18H23NO2. The Morgan fingerprint density at radius 1 is 1.33 bits per heavy atom. The summed E-state index contributed by atoms with van der Waals surface area (Å²) in [7, 11) is 1.74. The summed E-state index contributed by atoms with van der Waals surface area (Å²) < 4.78 is 11.1. The number of benzene rings is 1. The van der Waals surface area contributed by atoms with Gasteiger partial charge in [-0.2, -0.15) is 0 Å². The number of hydrogen-bond donors (Lipinski definition) is 1. The smallest absolute Gasteiger partial charge is 0.123 e. The molecule has 1 aromatic carbocycles. The minimum absolute atomic E-state index is 0.242. The molecule has 0 fully saturated rings. The Hall–Kier alpha value is -1.74. The summed E-state index contributed by atoms with van der Waals surface area (Å²) in [5, 5.41) is 3.73. The first kappa shape index (κ1) is 14.2. The third-order valence-corrected chi connectivity index (χ3v) is 4.36. The van der Waals surface area contributed by atoms with Gasteiger partial charge in [0.2, 0.25) is 0 Å². The molecule has 1 aliphatic carbocycles. The van der Waals surface area contributed by atoms with Gasteiger partial charge in [-0.1, -0.05) is 12.1 Å². The van der Waals surface area contributed by atoms with Crippen molar-refractivity contribution >= 4 is 0 Å². The molecule has 0 aliphatic heterocycles. The van der Waals surface area contributed by atoms with Crippen LogP contribution in [0, 0.1) is 6.92 Å². The van der Waals surface area contributed by atoms with E-state index < -0.39 is 0 Å². The van der Waals surface area contributed by atoms with E-state index in [1.54, 1.807) is 7.11 Å². The number of ether oxygens (including phenoxy) is 1. The Morgan fingerprint density at radius 3 is 3.00 bits per heavy atom. The normalized spacial score (nSPS) is 19.1. The summed E-state index contributed by atoms with van der Waals surface area (Å²) >= 11 is 0. The van der Waals surface area contributed by atoms with Crippen molar-refractivity contribution < 1.29 is 9.15 Å². The van der Waals surface area contributed by atoms with Crippen molar-refractivity contribution in [2.45, 2.75) is 45.2 Å². The summed E-state index contributed by atoms with van der Waals surface area (Å²) in [6, 6.07) is 9.11. The van der Waals surface area contributed by atoms with Gasteiger partial charge in [0.15, 0.2) is 0 Å². The van der Waals surface area contributed by atoms with Crippen LogP contribution in [0.4, 0.5) is 0 Å². The highest BCUT2D eigenvalue weighted by molar-refractivity contribution is 5.39. The molecule has 2 unspecified atom stereocenters. The Balaban J connectivity index is 1.80. The Labute approximate surface area is 126 Å². The average Bonchev–Trinajstić information content (AvgIpc) is 2.96. The topological polar surface area (TPSA) is 34.4 Å². The molecule has 3 rings (SSSR count). The molecular weight excluding hydrogens is 262 g/mol. The van der Waals surface area contributed by atoms with Crippen LogP contribution in [0.15, 0.2) is 34.9 Å².